The van der Waals surface area contributed by atoms with Crippen molar-refractivity contribution in [3.05, 3.63) is 72.7 Å². The molecule has 0 spiro atoms. The molecule has 7 nitrogen and oxygen atoms in total. The Bertz CT molecular complexity index is 1000. The number of nitrogens with zero attached hydrogens (tertiary/aromatic N) is 2. The lowest BCUT2D eigenvalue weighted by atomic mass is 10.2. The third kappa shape index (κ3) is 4.42. The van der Waals surface area contributed by atoms with E-state index in [1.54, 1.807) is 48.8 Å². The van der Waals surface area contributed by atoms with Crippen LogP contribution in [0.4, 0.5) is 5.69 Å². The van der Waals surface area contributed by atoms with E-state index in [0.29, 0.717) is 17.0 Å². The summed E-state index contributed by atoms with van der Waals surface area (Å²) < 4.78 is 28.4. The molecule has 0 aliphatic rings. The van der Waals surface area contributed by atoms with Gasteiger partial charge in [-0.15, -0.1) is 0 Å². The van der Waals surface area contributed by atoms with Gasteiger partial charge in [-0.1, -0.05) is 0 Å². The molecule has 26 heavy (non-hydrogen) atoms. The minimum atomic E-state index is -3.25. The summed E-state index contributed by atoms with van der Waals surface area (Å²) in [6.45, 7) is 0. The number of pyridine rings is 2. The molecule has 0 atom stereocenters. The molecule has 132 valence electrons. The maximum absolute atomic E-state index is 12.1. The second-order valence-electron chi connectivity index (χ2n) is 5.43. The zero-order valence-electron chi connectivity index (χ0n) is 13.8. The smallest absolute Gasteiger partial charge is 0.257 e. The van der Waals surface area contributed by atoms with Crippen molar-refractivity contribution in [3.8, 4) is 11.6 Å². The van der Waals surface area contributed by atoms with Crippen LogP contribution in [0.15, 0.2) is 72.0 Å². The summed E-state index contributed by atoms with van der Waals surface area (Å²) in [5, 5.41) is 2.71. The number of benzene rings is 1. The van der Waals surface area contributed by atoms with E-state index in [-0.39, 0.29) is 16.7 Å². The molecule has 0 aliphatic heterocycles. The molecule has 0 radical (unpaired) electrons. The molecule has 1 N–H and O–H groups in total. The van der Waals surface area contributed by atoms with Crippen LogP contribution in [0.3, 0.4) is 0 Å². The van der Waals surface area contributed by atoms with Gasteiger partial charge >= 0.3 is 0 Å². The third-order valence-electron chi connectivity index (χ3n) is 3.39. The zero-order valence-corrected chi connectivity index (χ0v) is 14.6. The van der Waals surface area contributed by atoms with Crippen molar-refractivity contribution in [1.82, 2.24) is 9.97 Å². The average molecular weight is 369 g/mol. The van der Waals surface area contributed by atoms with Crippen LogP contribution in [0.5, 0.6) is 11.6 Å². The Hall–Kier alpha value is -3.26. The first-order valence-electron chi connectivity index (χ1n) is 7.57. The summed E-state index contributed by atoms with van der Waals surface area (Å²) in [6, 6.07) is 12.6. The number of carbonyl (C=O) groups is 1. The fourth-order valence-corrected chi connectivity index (χ4v) is 2.72. The van der Waals surface area contributed by atoms with Gasteiger partial charge in [0.05, 0.1) is 22.3 Å². The first-order chi connectivity index (χ1) is 12.4. The number of hydrogen-bond donors (Lipinski definition) is 1. The number of anilines is 1. The Labute approximate surface area is 150 Å². The molecule has 0 fully saturated rings. The van der Waals surface area contributed by atoms with E-state index in [0.717, 1.165) is 6.26 Å². The van der Waals surface area contributed by atoms with Crippen molar-refractivity contribution in [2.75, 3.05) is 11.6 Å². The van der Waals surface area contributed by atoms with Gasteiger partial charge in [-0.25, -0.2) is 13.4 Å². The molecule has 8 heteroatoms. The van der Waals surface area contributed by atoms with Crippen molar-refractivity contribution in [1.29, 1.82) is 0 Å². The Balaban J connectivity index is 1.67. The van der Waals surface area contributed by atoms with Gasteiger partial charge in [-0.2, -0.15) is 0 Å². The van der Waals surface area contributed by atoms with Crippen molar-refractivity contribution in [2.45, 2.75) is 4.90 Å². The van der Waals surface area contributed by atoms with E-state index in [1.165, 1.54) is 18.3 Å². The van der Waals surface area contributed by atoms with Gasteiger partial charge in [0.1, 0.15) is 5.75 Å². The molecular formula is C18H15N3O4S. The second kappa shape index (κ2) is 7.32. The van der Waals surface area contributed by atoms with Gasteiger partial charge < -0.3 is 10.1 Å². The lowest BCUT2D eigenvalue weighted by molar-refractivity contribution is 0.102. The van der Waals surface area contributed by atoms with Crippen LogP contribution in [-0.2, 0) is 9.84 Å². The van der Waals surface area contributed by atoms with Crippen molar-refractivity contribution >= 4 is 21.4 Å². The standard InChI is InChI=1S/C18H15N3O4S/c1-26(23,24)16-7-5-15(6-8-16)25-17-9-4-13(11-20-17)18(22)21-14-3-2-10-19-12-14/h2-12H,1H3,(H,21,22). The summed E-state index contributed by atoms with van der Waals surface area (Å²) in [5.74, 6) is 0.419. The largest absolute Gasteiger partial charge is 0.439 e. The molecule has 3 aromatic rings. The van der Waals surface area contributed by atoms with Crippen LogP contribution >= 0.6 is 0 Å². The highest BCUT2D eigenvalue weighted by Crippen LogP contribution is 2.21. The van der Waals surface area contributed by atoms with Gasteiger partial charge in [0.2, 0.25) is 5.88 Å². The molecule has 1 amide bonds. The quantitative estimate of drug-likeness (QED) is 0.742. The highest BCUT2D eigenvalue weighted by Gasteiger charge is 2.09. The minimum Gasteiger partial charge on any atom is -0.439 e. The highest BCUT2D eigenvalue weighted by atomic mass is 32.2. The molecule has 3 rings (SSSR count). The fourth-order valence-electron chi connectivity index (χ4n) is 2.09. The minimum absolute atomic E-state index is 0.209. The Morgan fingerprint density at radius 1 is 1.04 bits per heavy atom. The average Bonchev–Trinajstić information content (AvgIpc) is 2.63. The molecule has 2 aromatic heterocycles. The zero-order chi connectivity index (χ0) is 18.6. The number of hydrogen-bond acceptors (Lipinski definition) is 6. The van der Waals surface area contributed by atoms with E-state index in [9.17, 15) is 13.2 Å². The van der Waals surface area contributed by atoms with Gasteiger partial charge in [0.15, 0.2) is 9.84 Å². The van der Waals surface area contributed by atoms with Crippen LogP contribution in [0.25, 0.3) is 0 Å². The number of aromatic nitrogens is 2. The van der Waals surface area contributed by atoms with E-state index in [4.69, 9.17) is 4.74 Å². The molecule has 0 saturated carbocycles. The summed E-state index contributed by atoms with van der Waals surface area (Å²) in [5.41, 5.74) is 0.956. The predicted molar refractivity (Wildman–Crippen MR) is 96.1 cm³/mol. The van der Waals surface area contributed by atoms with E-state index in [1.807, 2.05) is 0 Å². The van der Waals surface area contributed by atoms with Crippen molar-refractivity contribution in [3.63, 3.8) is 0 Å². The Kier molecular flexibility index (Phi) is 4.94. The number of amides is 1. The molecule has 2 heterocycles. The van der Waals surface area contributed by atoms with Crippen LogP contribution < -0.4 is 10.1 Å². The molecular weight excluding hydrogens is 354 g/mol. The first kappa shape index (κ1) is 17.6. The topological polar surface area (TPSA) is 98.2 Å². The van der Waals surface area contributed by atoms with Gasteiger partial charge in [-0.05, 0) is 42.5 Å². The molecule has 0 unspecified atom stereocenters. The van der Waals surface area contributed by atoms with Crippen molar-refractivity contribution < 1.29 is 17.9 Å². The lowest BCUT2D eigenvalue weighted by Gasteiger charge is -2.07. The lowest BCUT2D eigenvalue weighted by Crippen LogP contribution is -2.12. The van der Waals surface area contributed by atoms with E-state index < -0.39 is 9.84 Å². The Morgan fingerprint density at radius 3 is 2.38 bits per heavy atom. The van der Waals surface area contributed by atoms with Crippen LogP contribution in [0.1, 0.15) is 10.4 Å². The summed E-state index contributed by atoms with van der Waals surface area (Å²) in [7, 11) is -3.25. The summed E-state index contributed by atoms with van der Waals surface area (Å²) in [4.78, 5) is 20.4. The van der Waals surface area contributed by atoms with Crippen LogP contribution in [0, 0.1) is 0 Å². The maximum Gasteiger partial charge on any atom is 0.257 e. The highest BCUT2D eigenvalue weighted by molar-refractivity contribution is 7.90. The molecule has 0 bridgehead atoms. The number of sulfone groups is 1. The van der Waals surface area contributed by atoms with E-state index >= 15 is 0 Å². The molecule has 0 aliphatic carbocycles. The summed E-state index contributed by atoms with van der Waals surface area (Å²) >= 11 is 0. The van der Waals surface area contributed by atoms with Crippen LogP contribution in [-0.4, -0.2) is 30.5 Å². The van der Waals surface area contributed by atoms with Crippen LogP contribution in [0.2, 0.25) is 0 Å². The molecule has 1 aromatic carbocycles. The second-order valence-corrected chi connectivity index (χ2v) is 7.44. The van der Waals surface area contributed by atoms with E-state index in [2.05, 4.69) is 15.3 Å². The summed E-state index contributed by atoms with van der Waals surface area (Å²) in [6.07, 6.45) is 5.69. The number of nitrogens with one attached hydrogen (secondary N) is 1. The monoisotopic (exact) mass is 369 g/mol. The third-order valence-corrected chi connectivity index (χ3v) is 4.52. The first-order valence-corrected chi connectivity index (χ1v) is 9.46. The van der Waals surface area contributed by atoms with Gasteiger partial charge in [0.25, 0.3) is 5.91 Å². The van der Waals surface area contributed by atoms with Gasteiger partial charge in [0, 0.05) is 24.7 Å². The predicted octanol–water partition coefficient (Wildman–Crippen LogP) is 2.92. The maximum atomic E-state index is 12.1. The Morgan fingerprint density at radius 2 is 1.81 bits per heavy atom. The fraction of sp³-hybridized carbons (Fsp3) is 0.0556. The normalized spacial score (nSPS) is 11.0. The number of rotatable bonds is 5. The van der Waals surface area contributed by atoms with Crippen molar-refractivity contribution in [2.24, 2.45) is 0 Å². The van der Waals surface area contributed by atoms with Gasteiger partial charge in [-0.3, -0.25) is 9.78 Å². The molecule has 0 saturated heterocycles. The number of carbonyl (C=O) groups excluding carboxylic acids is 1. The SMILES string of the molecule is CS(=O)(=O)c1ccc(Oc2ccc(C(=O)Nc3cccnc3)cn2)cc1. The number of ether oxygens (including phenoxy) is 1.